The Kier molecular flexibility index (Phi) is 5.88. The van der Waals surface area contributed by atoms with Crippen LogP contribution in [0, 0.1) is 5.82 Å². The molecule has 2 heterocycles. The minimum absolute atomic E-state index is 0.111. The number of rotatable bonds is 6. The maximum absolute atomic E-state index is 13.1. The first kappa shape index (κ1) is 21.2. The summed E-state index contributed by atoms with van der Waals surface area (Å²) in [5, 5.41) is 0. The van der Waals surface area contributed by atoms with Crippen molar-refractivity contribution >= 4 is 16.0 Å². The van der Waals surface area contributed by atoms with E-state index in [-0.39, 0.29) is 37.0 Å². The van der Waals surface area contributed by atoms with E-state index in [1.165, 1.54) is 22.6 Å². The van der Waals surface area contributed by atoms with Crippen molar-refractivity contribution in [3.63, 3.8) is 0 Å². The van der Waals surface area contributed by atoms with Crippen molar-refractivity contribution in [1.29, 1.82) is 0 Å². The maximum atomic E-state index is 13.1. The molecule has 0 saturated carbocycles. The van der Waals surface area contributed by atoms with E-state index in [4.69, 9.17) is 9.15 Å². The van der Waals surface area contributed by atoms with Gasteiger partial charge in [-0.2, -0.15) is 4.31 Å². The first-order valence-electron chi connectivity index (χ1n) is 9.81. The largest absolute Gasteiger partial charge is 0.454 e. The number of benzene rings is 2. The fraction of sp³-hybridized carbons (Fsp3) is 0.273. The van der Waals surface area contributed by atoms with E-state index in [0.717, 1.165) is 11.1 Å². The van der Waals surface area contributed by atoms with Gasteiger partial charge in [-0.25, -0.2) is 17.8 Å². The van der Waals surface area contributed by atoms with Gasteiger partial charge in [0, 0.05) is 18.5 Å². The molecule has 0 N–H and O–H groups in total. The SMILES string of the molecule is CCS(=O)(=O)N1Cc2ccccc2CC1C(=O)OCc1ncc(-c2ccc(F)cc2)o1. The summed E-state index contributed by atoms with van der Waals surface area (Å²) in [5.41, 5.74) is 2.43. The molecule has 0 amide bonds. The Morgan fingerprint density at radius 3 is 2.61 bits per heavy atom. The molecule has 162 valence electrons. The van der Waals surface area contributed by atoms with Gasteiger partial charge < -0.3 is 9.15 Å². The highest BCUT2D eigenvalue weighted by atomic mass is 32.2. The second-order valence-corrected chi connectivity index (χ2v) is 9.38. The summed E-state index contributed by atoms with van der Waals surface area (Å²) in [6.45, 7) is 1.43. The minimum Gasteiger partial charge on any atom is -0.454 e. The van der Waals surface area contributed by atoms with Gasteiger partial charge in [0.1, 0.15) is 11.9 Å². The van der Waals surface area contributed by atoms with Gasteiger partial charge in [-0.05, 0) is 42.3 Å². The van der Waals surface area contributed by atoms with Gasteiger partial charge in [0.25, 0.3) is 0 Å². The van der Waals surface area contributed by atoms with Crippen molar-refractivity contribution in [2.45, 2.75) is 32.5 Å². The molecule has 0 bridgehead atoms. The number of nitrogens with zero attached hydrogens (tertiary/aromatic N) is 2. The van der Waals surface area contributed by atoms with Crippen LogP contribution in [0.4, 0.5) is 4.39 Å². The summed E-state index contributed by atoms with van der Waals surface area (Å²) in [6.07, 6.45) is 1.70. The molecule has 0 saturated heterocycles. The van der Waals surface area contributed by atoms with Crippen LogP contribution in [0.15, 0.2) is 59.1 Å². The summed E-state index contributed by atoms with van der Waals surface area (Å²) >= 11 is 0. The number of hydrogen-bond donors (Lipinski definition) is 0. The van der Waals surface area contributed by atoms with Crippen molar-refractivity contribution in [2.75, 3.05) is 5.75 Å². The first-order valence-corrected chi connectivity index (χ1v) is 11.4. The van der Waals surface area contributed by atoms with Crippen LogP contribution < -0.4 is 0 Å². The smallest absolute Gasteiger partial charge is 0.325 e. The predicted octanol–water partition coefficient (Wildman–Crippen LogP) is 3.30. The summed E-state index contributed by atoms with van der Waals surface area (Å²) < 4.78 is 50.4. The highest BCUT2D eigenvalue weighted by molar-refractivity contribution is 7.89. The maximum Gasteiger partial charge on any atom is 0.325 e. The van der Waals surface area contributed by atoms with E-state index in [9.17, 15) is 17.6 Å². The van der Waals surface area contributed by atoms with E-state index in [1.807, 2.05) is 24.3 Å². The van der Waals surface area contributed by atoms with Crippen LogP contribution in [0.25, 0.3) is 11.3 Å². The Hall–Kier alpha value is -3.04. The molecule has 1 aromatic heterocycles. The molecule has 7 nitrogen and oxygen atoms in total. The molecule has 1 aliphatic heterocycles. The molecule has 1 atom stereocenters. The third kappa shape index (κ3) is 4.52. The molecule has 0 spiro atoms. The zero-order chi connectivity index (χ0) is 22.0. The van der Waals surface area contributed by atoms with Crippen LogP contribution in [-0.4, -0.2) is 35.5 Å². The van der Waals surface area contributed by atoms with E-state index in [1.54, 1.807) is 19.1 Å². The van der Waals surface area contributed by atoms with Crippen LogP contribution in [0.5, 0.6) is 0 Å². The second-order valence-electron chi connectivity index (χ2n) is 7.17. The number of carbonyl (C=O) groups excluding carboxylic acids is 1. The quantitative estimate of drug-likeness (QED) is 0.542. The van der Waals surface area contributed by atoms with Crippen LogP contribution in [0.3, 0.4) is 0 Å². The van der Waals surface area contributed by atoms with Gasteiger partial charge in [-0.15, -0.1) is 0 Å². The van der Waals surface area contributed by atoms with E-state index < -0.39 is 22.0 Å². The van der Waals surface area contributed by atoms with Crippen molar-refractivity contribution in [1.82, 2.24) is 9.29 Å². The molecule has 0 aliphatic carbocycles. The molecule has 31 heavy (non-hydrogen) atoms. The fourth-order valence-electron chi connectivity index (χ4n) is 3.51. The fourth-order valence-corrected chi connectivity index (χ4v) is 4.73. The number of carbonyl (C=O) groups is 1. The van der Waals surface area contributed by atoms with E-state index >= 15 is 0 Å². The molecule has 9 heteroatoms. The second kappa shape index (κ2) is 8.60. The van der Waals surface area contributed by atoms with Crippen LogP contribution >= 0.6 is 0 Å². The van der Waals surface area contributed by atoms with Crippen LogP contribution in [-0.2, 0) is 39.1 Å². The Morgan fingerprint density at radius 2 is 1.90 bits per heavy atom. The minimum atomic E-state index is -3.61. The lowest BCUT2D eigenvalue weighted by molar-refractivity contribution is -0.150. The number of fused-ring (bicyclic) bond motifs is 1. The predicted molar refractivity (Wildman–Crippen MR) is 111 cm³/mol. The molecule has 1 aliphatic rings. The lowest BCUT2D eigenvalue weighted by Gasteiger charge is -2.34. The number of ether oxygens (including phenoxy) is 1. The topological polar surface area (TPSA) is 89.7 Å². The Bertz CT molecular complexity index is 1190. The van der Waals surface area contributed by atoms with Crippen LogP contribution in [0.2, 0.25) is 0 Å². The average molecular weight is 444 g/mol. The third-order valence-electron chi connectivity index (χ3n) is 5.22. The molecule has 3 aromatic rings. The first-order chi connectivity index (χ1) is 14.9. The highest BCUT2D eigenvalue weighted by Gasteiger charge is 2.39. The summed E-state index contributed by atoms with van der Waals surface area (Å²) in [5.74, 6) is -0.563. The monoisotopic (exact) mass is 444 g/mol. The van der Waals surface area contributed by atoms with E-state index in [0.29, 0.717) is 11.3 Å². The van der Waals surface area contributed by atoms with E-state index in [2.05, 4.69) is 4.98 Å². The average Bonchev–Trinajstić information content (AvgIpc) is 3.26. The number of esters is 1. The van der Waals surface area contributed by atoms with Gasteiger partial charge in [0.2, 0.25) is 15.9 Å². The summed E-state index contributed by atoms with van der Waals surface area (Å²) in [4.78, 5) is 16.9. The standard InChI is InChI=1S/C22H21FN2O5S/c1-2-31(27,28)25-13-17-6-4-3-5-16(17)11-19(25)22(26)29-14-21-24-12-20(30-21)15-7-9-18(23)10-8-15/h3-10,12,19H,2,11,13-14H2,1H3. The lowest BCUT2D eigenvalue weighted by Crippen LogP contribution is -2.49. The normalized spacial score (nSPS) is 16.6. The van der Waals surface area contributed by atoms with Crippen LogP contribution in [0.1, 0.15) is 23.9 Å². The zero-order valence-corrected chi connectivity index (χ0v) is 17.6. The number of halogens is 1. The molecular weight excluding hydrogens is 423 g/mol. The molecular formula is C22H21FN2O5S. The summed E-state index contributed by atoms with van der Waals surface area (Å²) in [6, 6.07) is 12.2. The Morgan fingerprint density at radius 1 is 1.19 bits per heavy atom. The Balaban J connectivity index is 1.49. The third-order valence-corrected chi connectivity index (χ3v) is 7.05. The molecule has 2 aromatic carbocycles. The molecule has 0 fully saturated rings. The summed E-state index contributed by atoms with van der Waals surface area (Å²) in [7, 11) is -3.61. The highest BCUT2D eigenvalue weighted by Crippen LogP contribution is 2.27. The molecule has 0 radical (unpaired) electrons. The van der Waals surface area contributed by atoms with Gasteiger partial charge in [0.05, 0.1) is 11.9 Å². The van der Waals surface area contributed by atoms with Crippen molar-refractivity contribution in [3.05, 3.63) is 77.6 Å². The van der Waals surface area contributed by atoms with Gasteiger partial charge in [-0.3, -0.25) is 4.79 Å². The number of sulfonamides is 1. The van der Waals surface area contributed by atoms with Crippen molar-refractivity contribution < 1.29 is 26.8 Å². The van der Waals surface area contributed by atoms with Gasteiger partial charge in [-0.1, -0.05) is 24.3 Å². The number of aromatic nitrogens is 1. The van der Waals surface area contributed by atoms with Crippen molar-refractivity contribution in [3.8, 4) is 11.3 Å². The molecule has 1 unspecified atom stereocenters. The lowest BCUT2D eigenvalue weighted by atomic mass is 9.96. The van der Waals surface area contributed by atoms with Crippen molar-refractivity contribution in [2.24, 2.45) is 0 Å². The zero-order valence-electron chi connectivity index (χ0n) is 16.8. The Labute approximate surface area is 179 Å². The van der Waals surface area contributed by atoms with Gasteiger partial charge in [0.15, 0.2) is 12.4 Å². The number of oxazole rings is 1. The van der Waals surface area contributed by atoms with Gasteiger partial charge >= 0.3 is 5.97 Å². The molecule has 4 rings (SSSR count). The number of hydrogen-bond acceptors (Lipinski definition) is 6.